The molecule has 3 heterocycles. The third-order valence-corrected chi connectivity index (χ3v) is 5.27. The highest BCUT2D eigenvalue weighted by Crippen LogP contribution is 2.40. The minimum Gasteiger partial charge on any atom is -0.232 e. The summed E-state index contributed by atoms with van der Waals surface area (Å²) < 4.78 is 1.74. The standard InChI is InChI=1S/C20H19N5/c1-12-6-8-14(9-7-12)16-15-5-3-4-13(2)18(15)24-19-17(16)20-21-10-23-25(20)11-22-19/h6-11,13H,3-5H2,1-2H3. The fourth-order valence-corrected chi connectivity index (χ4v) is 3.98. The largest absolute Gasteiger partial charge is 0.232 e. The summed E-state index contributed by atoms with van der Waals surface area (Å²) in [6.45, 7) is 4.38. The Labute approximate surface area is 145 Å². The fourth-order valence-electron chi connectivity index (χ4n) is 3.98. The zero-order valence-electron chi connectivity index (χ0n) is 14.4. The Hall–Kier alpha value is -2.82. The lowest BCUT2D eigenvalue weighted by atomic mass is 9.82. The topological polar surface area (TPSA) is 56.0 Å². The van der Waals surface area contributed by atoms with Gasteiger partial charge in [0, 0.05) is 11.3 Å². The number of fused-ring (bicyclic) bond motifs is 4. The first kappa shape index (κ1) is 14.5. The summed E-state index contributed by atoms with van der Waals surface area (Å²) in [5.41, 5.74) is 7.85. The van der Waals surface area contributed by atoms with E-state index in [9.17, 15) is 0 Å². The molecule has 0 spiro atoms. The van der Waals surface area contributed by atoms with Crippen molar-refractivity contribution in [2.75, 3.05) is 0 Å². The van der Waals surface area contributed by atoms with Gasteiger partial charge in [0.2, 0.25) is 0 Å². The molecule has 3 aromatic heterocycles. The summed E-state index contributed by atoms with van der Waals surface area (Å²) in [6.07, 6.45) is 6.73. The fraction of sp³-hybridized carbons (Fsp3) is 0.300. The van der Waals surface area contributed by atoms with Gasteiger partial charge in [-0.05, 0) is 43.2 Å². The van der Waals surface area contributed by atoms with Gasteiger partial charge < -0.3 is 0 Å². The predicted molar refractivity (Wildman–Crippen MR) is 97.6 cm³/mol. The van der Waals surface area contributed by atoms with Crippen LogP contribution in [0, 0.1) is 6.92 Å². The molecule has 124 valence electrons. The number of rotatable bonds is 1. The molecule has 0 aliphatic heterocycles. The van der Waals surface area contributed by atoms with Gasteiger partial charge in [-0.25, -0.2) is 19.5 Å². The van der Waals surface area contributed by atoms with Crippen LogP contribution in [0.2, 0.25) is 0 Å². The van der Waals surface area contributed by atoms with Gasteiger partial charge >= 0.3 is 0 Å². The van der Waals surface area contributed by atoms with Gasteiger partial charge in [-0.3, -0.25) is 0 Å². The minimum absolute atomic E-state index is 0.466. The van der Waals surface area contributed by atoms with Crippen molar-refractivity contribution in [2.24, 2.45) is 0 Å². The van der Waals surface area contributed by atoms with E-state index < -0.39 is 0 Å². The van der Waals surface area contributed by atoms with Crippen molar-refractivity contribution >= 4 is 16.7 Å². The molecule has 1 atom stereocenters. The molecule has 1 aliphatic carbocycles. The molecular formula is C20H19N5. The first-order valence-electron chi connectivity index (χ1n) is 8.80. The van der Waals surface area contributed by atoms with Crippen molar-refractivity contribution in [3.05, 3.63) is 53.7 Å². The zero-order chi connectivity index (χ0) is 17.0. The van der Waals surface area contributed by atoms with Crippen molar-refractivity contribution in [3.63, 3.8) is 0 Å². The smallest absolute Gasteiger partial charge is 0.168 e. The van der Waals surface area contributed by atoms with Gasteiger partial charge in [-0.1, -0.05) is 36.8 Å². The highest BCUT2D eigenvalue weighted by molar-refractivity contribution is 6.03. The summed E-state index contributed by atoms with van der Waals surface area (Å²) in [5, 5.41) is 5.27. The summed E-state index contributed by atoms with van der Waals surface area (Å²) in [7, 11) is 0. The summed E-state index contributed by atoms with van der Waals surface area (Å²) >= 11 is 0. The van der Waals surface area contributed by atoms with Gasteiger partial charge in [0.25, 0.3) is 0 Å². The molecule has 0 radical (unpaired) electrons. The normalized spacial score (nSPS) is 17.1. The quantitative estimate of drug-likeness (QED) is 0.528. The first-order chi connectivity index (χ1) is 12.2. The number of hydrogen-bond donors (Lipinski definition) is 0. The van der Waals surface area contributed by atoms with Crippen LogP contribution in [0.5, 0.6) is 0 Å². The number of pyridine rings is 1. The van der Waals surface area contributed by atoms with E-state index in [0.717, 1.165) is 23.1 Å². The Bertz CT molecular complexity index is 1090. The van der Waals surface area contributed by atoms with Crippen LogP contribution in [0.4, 0.5) is 0 Å². The second kappa shape index (κ2) is 5.34. The maximum Gasteiger partial charge on any atom is 0.168 e. The van der Waals surface area contributed by atoms with E-state index in [1.807, 2.05) is 0 Å². The van der Waals surface area contributed by atoms with Crippen LogP contribution in [-0.2, 0) is 6.42 Å². The molecule has 5 rings (SSSR count). The Morgan fingerprint density at radius 3 is 2.80 bits per heavy atom. The number of aromatic nitrogens is 5. The van der Waals surface area contributed by atoms with Gasteiger partial charge in [0.1, 0.15) is 12.7 Å². The van der Waals surface area contributed by atoms with Crippen molar-refractivity contribution in [3.8, 4) is 11.1 Å². The molecule has 0 N–H and O–H groups in total. The lowest BCUT2D eigenvalue weighted by molar-refractivity contribution is 0.576. The van der Waals surface area contributed by atoms with E-state index >= 15 is 0 Å². The van der Waals surface area contributed by atoms with E-state index in [4.69, 9.17) is 4.98 Å². The summed E-state index contributed by atoms with van der Waals surface area (Å²) in [5.74, 6) is 0.466. The van der Waals surface area contributed by atoms with Crippen LogP contribution in [0.15, 0.2) is 36.9 Å². The molecule has 5 nitrogen and oxygen atoms in total. The van der Waals surface area contributed by atoms with Crippen LogP contribution >= 0.6 is 0 Å². The second-order valence-corrected chi connectivity index (χ2v) is 6.98. The number of benzene rings is 1. The van der Waals surface area contributed by atoms with Crippen molar-refractivity contribution < 1.29 is 0 Å². The molecule has 0 amide bonds. The molecular weight excluding hydrogens is 310 g/mol. The summed E-state index contributed by atoms with van der Waals surface area (Å²) in [6, 6.07) is 8.72. The molecule has 4 aromatic rings. The van der Waals surface area contributed by atoms with E-state index in [-0.39, 0.29) is 0 Å². The Morgan fingerprint density at radius 1 is 1.12 bits per heavy atom. The second-order valence-electron chi connectivity index (χ2n) is 6.98. The van der Waals surface area contributed by atoms with E-state index in [1.165, 1.54) is 40.8 Å². The third-order valence-electron chi connectivity index (χ3n) is 5.27. The molecule has 0 fully saturated rings. The number of nitrogens with zero attached hydrogens (tertiary/aromatic N) is 5. The predicted octanol–water partition coefficient (Wildman–Crippen LogP) is 4.09. The number of aryl methyl sites for hydroxylation is 1. The highest BCUT2D eigenvalue weighted by atomic mass is 15.3. The average molecular weight is 329 g/mol. The van der Waals surface area contributed by atoms with Crippen LogP contribution in [0.25, 0.3) is 27.8 Å². The van der Waals surface area contributed by atoms with Crippen molar-refractivity contribution in [1.29, 1.82) is 0 Å². The zero-order valence-corrected chi connectivity index (χ0v) is 14.4. The SMILES string of the molecule is Cc1ccc(-c2c3c(nc4ncn5ncnc5c24)C(C)CCC3)cc1. The maximum atomic E-state index is 4.94. The molecule has 0 saturated heterocycles. The van der Waals surface area contributed by atoms with Crippen molar-refractivity contribution in [2.45, 2.75) is 39.0 Å². The van der Waals surface area contributed by atoms with Crippen LogP contribution in [0.3, 0.4) is 0 Å². The Morgan fingerprint density at radius 2 is 1.96 bits per heavy atom. The highest BCUT2D eigenvalue weighted by Gasteiger charge is 2.25. The molecule has 1 unspecified atom stereocenters. The average Bonchev–Trinajstić information content (AvgIpc) is 3.10. The van der Waals surface area contributed by atoms with Crippen molar-refractivity contribution in [1.82, 2.24) is 24.6 Å². The molecule has 0 bridgehead atoms. The molecule has 0 saturated carbocycles. The number of hydrogen-bond acceptors (Lipinski definition) is 4. The van der Waals surface area contributed by atoms with E-state index in [0.29, 0.717) is 5.92 Å². The Balaban J connectivity index is 1.97. The lowest BCUT2D eigenvalue weighted by Gasteiger charge is -2.25. The maximum absolute atomic E-state index is 4.94. The molecule has 1 aromatic carbocycles. The lowest BCUT2D eigenvalue weighted by Crippen LogP contribution is -2.12. The minimum atomic E-state index is 0.466. The van der Waals surface area contributed by atoms with Crippen LogP contribution in [0.1, 0.15) is 42.5 Å². The van der Waals surface area contributed by atoms with Gasteiger partial charge in [-0.2, -0.15) is 5.10 Å². The molecule has 1 aliphatic rings. The third kappa shape index (κ3) is 2.15. The van der Waals surface area contributed by atoms with Crippen LogP contribution < -0.4 is 0 Å². The first-order valence-corrected chi connectivity index (χ1v) is 8.80. The summed E-state index contributed by atoms with van der Waals surface area (Å²) in [4.78, 5) is 14.0. The Kier molecular flexibility index (Phi) is 3.10. The van der Waals surface area contributed by atoms with Gasteiger partial charge in [0.05, 0.1) is 5.39 Å². The van der Waals surface area contributed by atoms with Gasteiger partial charge in [-0.15, -0.1) is 0 Å². The van der Waals surface area contributed by atoms with Crippen LogP contribution in [-0.4, -0.2) is 24.6 Å². The van der Waals surface area contributed by atoms with E-state index in [2.05, 4.69) is 53.2 Å². The van der Waals surface area contributed by atoms with Gasteiger partial charge in [0.15, 0.2) is 11.3 Å². The van der Waals surface area contributed by atoms with E-state index in [1.54, 1.807) is 17.2 Å². The molecule has 5 heteroatoms. The monoisotopic (exact) mass is 329 g/mol. The molecule has 25 heavy (non-hydrogen) atoms.